The third-order valence-electron chi connectivity index (χ3n) is 6.26. The first-order valence-electron chi connectivity index (χ1n) is 10.9. The van der Waals surface area contributed by atoms with E-state index in [-0.39, 0.29) is 0 Å². The van der Waals surface area contributed by atoms with Crippen molar-refractivity contribution < 1.29 is 9.90 Å². The fourth-order valence-corrected chi connectivity index (χ4v) is 4.47. The number of aromatic nitrogens is 4. The van der Waals surface area contributed by atoms with Crippen LogP contribution in [0.4, 0.5) is 5.95 Å². The number of fused-ring (bicyclic) bond motifs is 1. The van der Waals surface area contributed by atoms with Gasteiger partial charge in [-0.15, -0.1) is 0 Å². The molecule has 4 aromatic rings. The predicted molar refractivity (Wildman–Crippen MR) is 123 cm³/mol. The average Bonchev–Trinajstić information content (AvgIpc) is 3.25. The van der Waals surface area contributed by atoms with Crippen LogP contribution in [0.5, 0.6) is 0 Å². The Labute approximate surface area is 186 Å². The molecule has 0 aliphatic carbocycles. The van der Waals surface area contributed by atoms with Crippen molar-refractivity contribution in [2.75, 3.05) is 18.0 Å². The van der Waals surface area contributed by atoms with Gasteiger partial charge in [-0.2, -0.15) is 0 Å². The zero-order chi connectivity index (χ0) is 22.2. The zero-order valence-electron chi connectivity index (χ0n) is 18.2. The highest BCUT2D eigenvalue weighted by molar-refractivity contribution is 5.87. The molecular weight excluding hydrogens is 402 g/mol. The van der Waals surface area contributed by atoms with E-state index >= 15 is 0 Å². The van der Waals surface area contributed by atoms with E-state index in [4.69, 9.17) is 15.1 Å². The number of piperidine rings is 1. The van der Waals surface area contributed by atoms with Gasteiger partial charge in [0, 0.05) is 42.9 Å². The lowest BCUT2D eigenvalue weighted by atomic mass is 9.89. The lowest BCUT2D eigenvalue weighted by molar-refractivity contribution is 0.0697. The van der Waals surface area contributed by atoms with E-state index in [0.29, 0.717) is 11.5 Å². The van der Waals surface area contributed by atoms with Crippen molar-refractivity contribution in [1.29, 1.82) is 0 Å². The first-order valence-corrected chi connectivity index (χ1v) is 10.9. The van der Waals surface area contributed by atoms with Crippen LogP contribution in [0.3, 0.4) is 0 Å². The second kappa shape index (κ2) is 8.07. The van der Waals surface area contributed by atoms with Crippen molar-refractivity contribution >= 4 is 17.6 Å². The summed E-state index contributed by atoms with van der Waals surface area (Å²) in [6.45, 7) is 5.83. The van der Waals surface area contributed by atoms with Crippen molar-refractivity contribution in [3.05, 3.63) is 77.4 Å². The molecule has 1 aromatic carbocycles. The molecule has 1 saturated heterocycles. The summed E-state index contributed by atoms with van der Waals surface area (Å²) in [6.07, 6.45) is 7.80. The number of benzene rings is 1. The van der Waals surface area contributed by atoms with Crippen molar-refractivity contribution in [2.45, 2.75) is 32.6 Å². The van der Waals surface area contributed by atoms with Gasteiger partial charge in [0.25, 0.3) is 0 Å². The summed E-state index contributed by atoms with van der Waals surface area (Å²) in [6, 6.07) is 11.4. The third kappa shape index (κ3) is 3.82. The Bertz CT molecular complexity index is 1290. The molecule has 0 bridgehead atoms. The fourth-order valence-electron chi connectivity index (χ4n) is 4.47. The molecule has 0 radical (unpaired) electrons. The van der Waals surface area contributed by atoms with Gasteiger partial charge in [0.05, 0.1) is 11.3 Å². The number of carboxylic acid groups (broad SMARTS) is 1. The second-order valence-electron chi connectivity index (χ2n) is 8.45. The van der Waals surface area contributed by atoms with Crippen LogP contribution in [0.25, 0.3) is 16.9 Å². The maximum absolute atomic E-state index is 11.1. The summed E-state index contributed by atoms with van der Waals surface area (Å²) in [7, 11) is 0. The van der Waals surface area contributed by atoms with Crippen molar-refractivity contribution in [1.82, 2.24) is 19.4 Å². The number of anilines is 1. The number of imidazole rings is 1. The first-order chi connectivity index (χ1) is 15.5. The minimum Gasteiger partial charge on any atom is -0.478 e. The molecular formula is C25H25N5O2. The zero-order valence-corrected chi connectivity index (χ0v) is 18.2. The number of hydrogen-bond acceptors (Lipinski definition) is 5. The highest BCUT2D eigenvalue weighted by Gasteiger charge is 2.23. The maximum atomic E-state index is 11.1. The van der Waals surface area contributed by atoms with Crippen LogP contribution in [0.15, 0.2) is 55.0 Å². The van der Waals surface area contributed by atoms with E-state index in [0.717, 1.165) is 60.0 Å². The topological polar surface area (TPSA) is 83.6 Å². The molecule has 3 aromatic heterocycles. The molecule has 0 amide bonds. The number of pyridine rings is 1. The van der Waals surface area contributed by atoms with Crippen LogP contribution < -0.4 is 4.90 Å². The normalized spacial score (nSPS) is 14.8. The molecule has 0 atom stereocenters. The maximum Gasteiger partial charge on any atom is 0.335 e. The van der Waals surface area contributed by atoms with Crippen molar-refractivity contribution in [3.8, 4) is 11.3 Å². The Balaban J connectivity index is 1.36. The number of hydrogen-bond donors (Lipinski definition) is 1. The molecule has 1 N–H and O–H groups in total. The molecule has 1 aliphatic heterocycles. The molecule has 162 valence electrons. The first kappa shape index (κ1) is 20.2. The Hall–Kier alpha value is -3.74. The third-order valence-corrected chi connectivity index (χ3v) is 6.26. The molecule has 0 saturated carbocycles. The van der Waals surface area contributed by atoms with Gasteiger partial charge in [-0.25, -0.2) is 19.7 Å². The molecule has 7 nitrogen and oxygen atoms in total. The summed E-state index contributed by atoms with van der Waals surface area (Å²) in [5.74, 6) is 0.301. The van der Waals surface area contributed by atoms with Gasteiger partial charge >= 0.3 is 5.97 Å². The Morgan fingerprint density at radius 1 is 1.06 bits per heavy atom. The van der Waals surface area contributed by atoms with Crippen LogP contribution in [-0.4, -0.2) is 43.5 Å². The summed E-state index contributed by atoms with van der Waals surface area (Å²) < 4.78 is 2.01. The molecule has 5 rings (SSSR count). The average molecular weight is 428 g/mol. The number of rotatable bonds is 4. The lowest BCUT2D eigenvalue weighted by Crippen LogP contribution is -2.34. The van der Waals surface area contributed by atoms with Crippen LogP contribution >= 0.6 is 0 Å². The molecule has 32 heavy (non-hydrogen) atoms. The number of nitrogens with zero attached hydrogens (tertiary/aromatic N) is 5. The number of carboxylic acids is 1. The van der Waals surface area contributed by atoms with Crippen LogP contribution in [0, 0.1) is 13.8 Å². The van der Waals surface area contributed by atoms with Gasteiger partial charge in [0.1, 0.15) is 5.65 Å². The Morgan fingerprint density at radius 2 is 1.81 bits per heavy atom. The van der Waals surface area contributed by atoms with Gasteiger partial charge < -0.3 is 14.4 Å². The minimum absolute atomic E-state index is 0.330. The van der Waals surface area contributed by atoms with Gasteiger partial charge in [0.2, 0.25) is 5.95 Å². The standard InChI is InChI=1S/C25H25N5O2/c1-16-13-23-26-9-12-30(23)15-21(16)22-14-17(2)27-25(28-22)29-10-7-19(8-11-29)18-3-5-20(6-4-18)24(31)32/h3-6,9,12-15,19H,7-8,10-11H2,1-2H3,(H,31,32). The number of aromatic carboxylic acids is 1. The Kier molecular flexibility index (Phi) is 5.09. The Morgan fingerprint density at radius 3 is 2.53 bits per heavy atom. The van der Waals surface area contributed by atoms with Crippen LogP contribution in [0.2, 0.25) is 0 Å². The highest BCUT2D eigenvalue weighted by Crippen LogP contribution is 2.31. The molecule has 0 spiro atoms. The molecule has 4 heterocycles. The number of aryl methyl sites for hydroxylation is 2. The smallest absolute Gasteiger partial charge is 0.335 e. The SMILES string of the molecule is Cc1cc(-c2cn3ccnc3cc2C)nc(N2CCC(c3ccc(C(=O)O)cc3)CC2)n1. The summed E-state index contributed by atoms with van der Waals surface area (Å²) in [4.78, 5) is 27.4. The van der Waals surface area contributed by atoms with Crippen LogP contribution in [0.1, 0.15) is 45.9 Å². The highest BCUT2D eigenvalue weighted by atomic mass is 16.4. The summed E-state index contributed by atoms with van der Waals surface area (Å²) >= 11 is 0. The summed E-state index contributed by atoms with van der Waals surface area (Å²) in [5, 5.41) is 9.11. The summed E-state index contributed by atoms with van der Waals surface area (Å²) in [5.41, 5.74) is 6.54. The largest absolute Gasteiger partial charge is 0.478 e. The second-order valence-corrected chi connectivity index (χ2v) is 8.45. The van der Waals surface area contributed by atoms with Gasteiger partial charge in [-0.3, -0.25) is 0 Å². The van der Waals surface area contributed by atoms with Crippen LogP contribution in [-0.2, 0) is 0 Å². The van der Waals surface area contributed by atoms with E-state index in [9.17, 15) is 4.79 Å². The molecule has 1 fully saturated rings. The van der Waals surface area contributed by atoms with E-state index < -0.39 is 5.97 Å². The van der Waals surface area contributed by atoms with Gasteiger partial charge in [-0.1, -0.05) is 12.1 Å². The van der Waals surface area contributed by atoms with E-state index in [1.54, 1.807) is 18.3 Å². The quantitative estimate of drug-likeness (QED) is 0.517. The van der Waals surface area contributed by atoms with Crippen molar-refractivity contribution in [3.63, 3.8) is 0 Å². The lowest BCUT2D eigenvalue weighted by Gasteiger charge is -2.32. The van der Waals surface area contributed by atoms with Gasteiger partial charge in [-0.05, 0) is 68.0 Å². The van der Waals surface area contributed by atoms with Gasteiger partial charge in [0.15, 0.2) is 0 Å². The predicted octanol–water partition coefficient (Wildman–Crippen LogP) is 4.49. The monoisotopic (exact) mass is 427 g/mol. The molecule has 0 unspecified atom stereocenters. The van der Waals surface area contributed by atoms with E-state index in [2.05, 4.69) is 29.1 Å². The minimum atomic E-state index is -0.888. The number of carbonyl (C=O) groups is 1. The van der Waals surface area contributed by atoms with E-state index in [1.807, 2.05) is 35.7 Å². The molecule has 1 aliphatic rings. The van der Waals surface area contributed by atoms with E-state index in [1.165, 1.54) is 5.56 Å². The molecule has 7 heteroatoms. The van der Waals surface area contributed by atoms with Crippen molar-refractivity contribution in [2.24, 2.45) is 0 Å². The fraction of sp³-hybridized carbons (Fsp3) is 0.280.